The highest BCUT2D eigenvalue weighted by Crippen LogP contribution is 2.26. The third kappa shape index (κ3) is 5.15. The van der Waals surface area contributed by atoms with Crippen molar-refractivity contribution in [2.45, 2.75) is 38.1 Å². The van der Waals surface area contributed by atoms with Gasteiger partial charge >= 0.3 is 0 Å². The van der Waals surface area contributed by atoms with Crippen molar-refractivity contribution in [1.29, 1.82) is 0 Å². The minimum absolute atomic E-state index is 0.136. The molecule has 0 aliphatic heterocycles. The lowest BCUT2D eigenvalue weighted by molar-refractivity contribution is -0.115. The average molecular weight is 484 g/mol. The Labute approximate surface area is 188 Å². The Morgan fingerprint density at radius 3 is 2.70 bits per heavy atom. The van der Waals surface area contributed by atoms with Gasteiger partial charge in [-0.2, -0.15) is 0 Å². The average Bonchev–Trinajstić information content (AvgIpc) is 3.40. The topological polar surface area (TPSA) is 71.1 Å². The number of nitrogens with zero attached hydrogens (tertiary/aromatic N) is 1. The number of thiazole rings is 1. The van der Waals surface area contributed by atoms with Crippen LogP contribution in [0.25, 0.3) is 10.6 Å². The van der Waals surface area contributed by atoms with Crippen LogP contribution in [0.15, 0.2) is 58.4 Å². The van der Waals surface area contributed by atoms with Crippen molar-refractivity contribution in [2.24, 2.45) is 0 Å². The maximum absolute atomic E-state index is 12.7. The number of rotatable bonds is 6. The van der Waals surface area contributed by atoms with Crippen LogP contribution in [0.1, 0.15) is 41.7 Å². The molecule has 0 unspecified atom stereocenters. The Hall–Kier alpha value is -2.51. The molecule has 30 heavy (non-hydrogen) atoms. The molecule has 2 aromatic carbocycles. The fourth-order valence-corrected chi connectivity index (χ4v) is 4.84. The Morgan fingerprint density at radius 1 is 1.10 bits per heavy atom. The largest absolute Gasteiger partial charge is 0.349 e. The van der Waals surface area contributed by atoms with Gasteiger partial charge in [0.2, 0.25) is 5.91 Å². The van der Waals surface area contributed by atoms with Gasteiger partial charge in [-0.15, -0.1) is 11.3 Å². The third-order valence-corrected chi connectivity index (χ3v) is 6.53. The molecule has 1 aromatic heterocycles. The lowest BCUT2D eigenvalue weighted by Gasteiger charge is -2.14. The van der Waals surface area contributed by atoms with Gasteiger partial charge in [-0.25, -0.2) is 4.98 Å². The van der Waals surface area contributed by atoms with E-state index < -0.39 is 0 Å². The van der Waals surface area contributed by atoms with Crippen molar-refractivity contribution in [2.75, 3.05) is 5.32 Å². The normalized spacial score (nSPS) is 13.9. The van der Waals surface area contributed by atoms with Crippen LogP contribution >= 0.6 is 27.3 Å². The molecule has 3 aromatic rings. The van der Waals surface area contributed by atoms with Crippen LogP contribution in [0.2, 0.25) is 0 Å². The van der Waals surface area contributed by atoms with E-state index in [0.717, 1.165) is 40.7 Å². The van der Waals surface area contributed by atoms with Gasteiger partial charge in [0.05, 0.1) is 23.4 Å². The summed E-state index contributed by atoms with van der Waals surface area (Å²) < 4.78 is 0.988. The standard InChI is InChI=1S/C23H22BrN3O2S/c24-16-7-5-6-15(12-16)23-26-18(14-30-23)13-21(28)27-20-11-4-3-10-19(20)22(29)25-17-8-1-2-9-17/h3-7,10-12,14,17H,1-2,8-9,13H2,(H,25,29)(H,27,28). The fraction of sp³-hybridized carbons (Fsp3) is 0.261. The van der Waals surface area contributed by atoms with E-state index in [4.69, 9.17) is 0 Å². The summed E-state index contributed by atoms with van der Waals surface area (Å²) in [6.07, 6.45) is 4.50. The van der Waals surface area contributed by atoms with Gasteiger partial charge in [0.15, 0.2) is 0 Å². The van der Waals surface area contributed by atoms with E-state index in [1.165, 1.54) is 11.3 Å². The van der Waals surface area contributed by atoms with E-state index in [1.807, 2.05) is 41.8 Å². The molecule has 1 aliphatic carbocycles. The molecular weight excluding hydrogens is 462 g/mol. The summed E-state index contributed by atoms with van der Waals surface area (Å²) in [5.74, 6) is -0.328. The summed E-state index contributed by atoms with van der Waals surface area (Å²) in [6, 6.07) is 15.3. The van der Waals surface area contributed by atoms with Crippen molar-refractivity contribution < 1.29 is 9.59 Å². The van der Waals surface area contributed by atoms with Gasteiger partial charge in [-0.05, 0) is 37.1 Å². The van der Waals surface area contributed by atoms with Crippen LogP contribution in [-0.2, 0) is 11.2 Å². The highest BCUT2D eigenvalue weighted by atomic mass is 79.9. The Balaban J connectivity index is 1.41. The summed E-state index contributed by atoms with van der Waals surface area (Å²) in [4.78, 5) is 29.9. The van der Waals surface area contributed by atoms with E-state index >= 15 is 0 Å². The number of aromatic nitrogens is 1. The first-order chi connectivity index (χ1) is 14.6. The number of hydrogen-bond acceptors (Lipinski definition) is 4. The first-order valence-electron chi connectivity index (χ1n) is 9.98. The van der Waals surface area contributed by atoms with Crippen LogP contribution in [0, 0.1) is 0 Å². The van der Waals surface area contributed by atoms with E-state index in [0.29, 0.717) is 16.9 Å². The minimum atomic E-state index is -0.192. The number of nitrogens with one attached hydrogen (secondary N) is 2. The summed E-state index contributed by atoms with van der Waals surface area (Å²) in [5, 5.41) is 8.73. The van der Waals surface area contributed by atoms with Crippen LogP contribution in [0.4, 0.5) is 5.69 Å². The second-order valence-corrected chi connectivity index (χ2v) is 9.15. The maximum Gasteiger partial charge on any atom is 0.253 e. The van der Waals surface area contributed by atoms with Crippen LogP contribution in [0.3, 0.4) is 0 Å². The lowest BCUT2D eigenvalue weighted by Crippen LogP contribution is -2.33. The predicted octanol–water partition coefficient (Wildman–Crippen LogP) is 5.43. The van der Waals surface area contributed by atoms with Crippen LogP contribution in [0.5, 0.6) is 0 Å². The zero-order valence-corrected chi connectivity index (χ0v) is 18.8. The molecule has 1 heterocycles. The van der Waals surface area contributed by atoms with E-state index in [1.54, 1.807) is 12.1 Å². The predicted molar refractivity (Wildman–Crippen MR) is 124 cm³/mol. The van der Waals surface area contributed by atoms with E-state index in [9.17, 15) is 9.59 Å². The summed E-state index contributed by atoms with van der Waals surface area (Å²) in [5.41, 5.74) is 2.74. The Bertz CT molecular complexity index is 1060. The number of carbonyl (C=O) groups is 2. The van der Waals surface area contributed by atoms with E-state index in [2.05, 4.69) is 31.5 Å². The highest BCUT2D eigenvalue weighted by molar-refractivity contribution is 9.10. The molecule has 1 fully saturated rings. The zero-order chi connectivity index (χ0) is 20.9. The molecule has 5 nitrogen and oxygen atoms in total. The Morgan fingerprint density at radius 2 is 1.90 bits per heavy atom. The van der Waals surface area contributed by atoms with Gasteiger partial charge in [-0.3, -0.25) is 9.59 Å². The van der Waals surface area contributed by atoms with Crippen LogP contribution in [-0.4, -0.2) is 22.8 Å². The van der Waals surface area contributed by atoms with Gasteiger partial charge in [0.1, 0.15) is 5.01 Å². The SMILES string of the molecule is O=C(Cc1csc(-c2cccc(Br)c2)n1)Nc1ccccc1C(=O)NC1CCCC1. The number of anilines is 1. The fourth-order valence-electron chi connectivity index (χ4n) is 3.62. The molecule has 0 bridgehead atoms. The number of para-hydroxylation sites is 1. The van der Waals surface area contributed by atoms with Crippen molar-refractivity contribution in [3.63, 3.8) is 0 Å². The number of hydrogen-bond donors (Lipinski definition) is 2. The number of carbonyl (C=O) groups excluding carboxylic acids is 2. The molecule has 0 saturated heterocycles. The quantitative estimate of drug-likeness (QED) is 0.491. The zero-order valence-electron chi connectivity index (χ0n) is 16.4. The van der Waals surface area contributed by atoms with Crippen molar-refractivity contribution in [1.82, 2.24) is 10.3 Å². The van der Waals surface area contributed by atoms with Crippen molar-refractivity contribution in [3.05, 3.63) is 69.6 Å². The van der Waals surface area contributed by atoms with E-state index in [-0.39, 0.29) is 24.3 Å². The molecule has 154 valence electrons. The first kappa shape index (κ1) is 20.8. The van der Waals surface area contributed by atoms with Gasteiger partial charge < -0.3 is 10.6 Å². The summed E-state index contributed by atoms with van der Waals surface area (Å²) in [7, 11) is 0. The molecule has 1 saturated carbocycles. The molecular formula is C23H22BrN3O2S. The molecule has 0 radical (unpaired) electrons. The van der Waals surface area contributed by atoms with Gasteiger partial charge in [-0.1, -0.05) is 53.0 Å². The first-order valence-corrected chi connectivity index (χ1v) is 11.7. The molecule has 0 atom stereocenters. The third-order valence-electron chi connectivity index (χ3n) is 5.10. The monoisotopic (exact) mass is 483 g/mol. The van der Waals surface area contributed by atoms with Gasteiger partial charge in [0, 0.05) is 21.5 Å². The second-order valence-electron chi connectivity index (χ2n) is 7.38. The summed E-state index contributed by atoms with van der Waals surface area (Å²) >= 11 is 4.98. The molecule has 7 heteroatoms. The molecule has 1 aliphatic rings. The molecule has 4 rings (SSSR count). The smallest absolute Gasteiger partial charge is 0.253 e. The molecule has 2 N–H and O–H groups in total. The van der Waals surface area contributed by atoms with Gasteiger partial charge in [0.25, 0.3) is 5.91 Å². The Kier molecular flexibility index (Phi) is 6.59. The number of benzene rings is 2. The maximum atomic E-state index is 12.7. The van der Waals surface area contributed by atoms with Crippen molar-refractivity contribution in [3.8, 4) is 10.6 Å². The second kappa shape index (κ2) is 9.53. The number of halogens is 1. The molecule has 0 spiro atoms. The summed E-state index contributed by atoms with van der Waals surface area (Å²) in [6.45, 7) is 0. The lowest BCUT2D eigenvalue weighted by atomic mass is 10.1. The highest BCUT2D eigenvalue weighted by Gasteiger charge is 2.20. The van der Waals surface area contributed by atoms with Crippen molar-refractivity contribution >= 4 is 44.8 Å². The minimum Gasteiger partial charge on any atom is -0.349 e. The number of amides is 2. The molecule has 2 amide bonds. The van der Waals surface area contributed by atoms with Crippen LogP contribution < -0.4 is 10.6 Å².